The Hall–Kier alpha value is -2.49. The van der Waals surface area contributed by atoms with Crippen molar-refractivity contribution >= 4 is 11.7 Å². The van der Waals surface area contributed by atoms with E-state index in [1.54, 1.807) is 0 Å². The summed E-state index contributed by atoms with van der Waals surface area (Å²) in [5, 5.41) is 2.56. The van der Waals surface area contributed by atoms with Gasteiger partial charge in [0.25, 0.3) is 0 Å². The van der Waals surface area contributed by atoms with Gasteiger partial charge >= 0.3 is 0 Å². The number of amides is 1. The Bertz CT molecular complexity index is 594. The number of halogens is 1. The van der Waals surface area contributed by atoms with Gasteiger partial charge in [-0.25, -0.2) is 4.39 Å². The van der Waals surface area contributed by atoms with Crippen LogP contribution in [0.5, 0.6) is 0 Å². The maximum Gasteiger partial charge on any atom is 0.224 e. The van der Waals surface area contributed by atoms with Crippen molar-refractivity contribution in [3.05, 3.63) is 71.5 Å². The van der Waals surface area contributed by atoms with Crippen LogP contribution < -0.4 is 5.32 Å². The Balaban J connectivity index is 1.84. The summed E-state index contributed by atoms with van der Waals surface area (Å²) in [4.78, 5) is 23.5. The summed E-state index contributed by atoms with van der Waals surface area (Å²) in [6.07, 6.45) is 0.234. The molecular weight excluding hydrogens is 257 g/mol. The van der Waals surface area contributed by atoms with Crippen molar-refractivity contribution in [3.8, 4) is 0 Å². The average Bonchev–Trinajstić information content (AvgIpc) is 2.46. The number of rotatable bonds is 5. The quantitative estimate of drug-likeness (QED) is 0.849. The fraction of sp³-hybridized carbons (Fsp3) is 0.125. The molecule has 0 radical (unpaired) electrons. The van der Waals surface area contributed by atoms with Crippen LogP contribution in [0.4, 0.5) is 4.39 Å². The van der Waals surface area contributed by atoms with E-state index in [0.29, 0.717) is 5.56 Å². The molecule has 0 saturated heterocycles. The largest absolute Gasteiger partial charge is 0.348 e. The number of Topliss-reactive ketones (excluding diaryl/α,β-unsaturated/α-hetero) is 1. The zero-order chi connectivity index (χ0) is 14.4. The number of carbonyl (C=O) groups excluding carboxylic acids is 2. The molecule has 0 aliphatic carbocycles. The summed E-state index contributed by atoms with van der Waals surface area (Å²) in [5.74, 6) is -0.854. The highest BCUT2D eigenvalue weighted by atomic mass is 19.1. The molecule has 0 bridgehead atoms. The lowest BCUT2D eigenvalue weighted by atomic mass is 10.1. The monoisotopic (exact) mass is 271 g/mol. The first-order valence-electron chi connectivity index (χ1n) is 6.24. The first-order chi connectivity index (χ1) is 9.65. The van der Waals surface area contributed by atoms with Crippen molar-refractivity contribution in [2.75, 3.05) is 6.54 Å². The lowest BCUT2D eigenvalue weighted by Crippen LogP contribution is -2.30. The number of nitrogens with one attached hydrogen (secondary N) is 1. The van der Waals surface area contributed by atoms with E-state index in [0.717, 1.165) is 5.56 Å². The average molecular weight is 271 g/mol. The second-order valence-electron chi connectivity index (χ2n) is 4.37. The maximum atomic E-state index is 12.7. The summed E-state index contributed by atoms with van der Waals surface area (Å²) in [5.41, 5.74) is 1.27. The van der Waals surface area contributed by atoms with Crippen molar-refractivity contribution in [1.29, 1.82) is 0 Å². The van der Waals surface area contributed by atoms with E-state index < -0.39 is 5.82 Å². The molecule has 102 valence electrons. The van der Waals surface area contributed by atoms with E-state index in [2.05, 4.69) is 5.32 Å². The molecule has 0 spiro atoms. The molecule has 2 aromatic carbocycles. The smallest absolute Gasteiger partial charge is 0.224 e. The van der Waals surface area contributed by atoms with Crippen molar-refractivity contribution in [2.45, 2.75) is 6.42 Å². The summed E-state index contributed by atoms with van der Waals surface area (Å²) in [7, 11) is 0. The van der Waals surface area contributed by atoms with Crippen LogP contribution in [0.1, 0.15) is 15.9 Å². The molecule has 0 fully saturated rings. The van der Waals surface area contributed by atoms with Gasteiger partial charge in [0.1, 0.15) is 5.82 Å². The molecular formula is C16H14FNO2. The molecule has 0 atom stereocenters. The molecule has 3 nitrogen and oxygen atoms in total. The van der Waals surface area contributed by atoms with Crippen LogP contribution in [-0.4, -0.2) is 18.2 Å². The molecule has 0 aliphatic heterocycles. The lowest BCUT2D eigenvalue weighted by molar-refractivity contribution is -0.120. The molecule has 0 saturated carbocycles. The minimum absolute atomic E-state index is 0.0860. The molecule has 4 heteroatoms. The number of ketones is 1. The second kappa shape index (κ2) is 6.61. The third-order valence-electron chi connectivity index (χ3n) is 2.82. The molecule has 0 aromatic heterocycles. The Labute approximate surface area is 116 Å². The third-order valence-corrected chi connectivity index (χ3v) is 2.82. The molecule has 1 amide bonds. The highest BCUT2D eigenvalue weighted by Crippen LogP contribution is 2.03. The lowest BCUT2D eigenvalue weighted by Gasteiger charge is -2.05. The van der Waals surface area contributed by atoms with Crippen molar-refractivity contribution < 1.29 is 14.0 Å². The summed E-state index contributed by atoms with van der Waals surface area (Å²) >= 11 is 0. The fourth-order valence-corrected chi connectivity index (χ4v) is 1.76. The zero-order valence-corrected chi connectivity index (χ0v) is 10.8. The zero-order valence-electron chi connectivity index (χ0n) is 10.8. The fourth-order valence-electron chi connectivity index (χ4n) is 1.76. The van der Waals surface area contributed by atoms with Gasteiger partial charge in [-0.05, 0) is 29.8 Å². The predicted molar refractivity (Wildman–Crippen MR) is 73.9 cm³/mol. The first-order valence-corrected chi connectivity index (χ1v) is 6.24. The van der Waals surface area contributed by atoms with E-state index >= 15 is 0 Å². The number of benzene rings is 2. The van der Waals surface area contributed by atoms with E-state index in [4.69, 9.17) is 0 Å². The van der Waals surface area contributed by atoms with Gasteiger partial charge in [-0.2, -0.15) is 0 Å². The summed E-state index contributed by atoms with van der Waals surface area (Å²) in [6, 6.07) is 14.5. The molecule has 0 heterocycles. The van der Waals surface area contributed by atoms with Gasteiger partial charge in [-0.1, -0.05) is 30.3 Å². The Morgan fingerprint density at radius 1 is 0.950 bits per heavy atom. The third kappa shape index (κ3) is 4.02. The molecule has 2 rings (SSSR count). The van der Waals surface area contributed by atoms with Gasteiger partial charge in [0.2, 0.25) is 5.91 Å². The molecule has 1 N–H and O–H groups in total. The minimum Gasteiger partial charge on any atom is -0.348 e. The highest BCUT2D eigenvalue weighted by Gasteiger charge is 2.08. The number of hydrogen-bond acceptors (Lipinski definition) is 2. The Morgan fingerprint density at radius 2 is 1.60 bits per heavy atom. The molecule has 0 unspecified atom stereocenters. The molecule has 20 heavy (non-hydrogen) atoms. The van der Waals surface area contributed by atoms with Gasteiger partial charge in [-0.3, -0.25) is 9.59 Å². The minimum atomic E-state index is -0.394. The van der Waals surface area contributed by atoms with Crippen LogP contribution >= 0.6 is 0 Å². The Kier molecular flexibility index (Phi) is 4.60. The van der Waals surface area contributed by atoms with Gasteiger partial charge in [-0.15, -0.1) is 0 Å². The second-order valence-corrected chi connectivity index (χ2v) is 4.37. The van der Waals surface area contributed by atoms with Gasteiger partial charge in [0.15, 0.2) is 5.78 Å². The summed E-state index contributed by atoms with van der Waals surface area (Å²) < 4.78 is 12.7. The van der Waals surface area contributed by atoms with E-state index in [-0.39, 0.29) is 24.7 Å². The van der Waals surface area contributed by atoms with Gasteiger partial charge in [0.05, 0.1) is 13.0 Å². The van der Waals surface area contributed by atoms with Crippen LogP contribution in [0, 0.1) is 5.82 Å². The Morgan fingerprint density at radius 3 is 2.25 bits per heavy atom. The normalized spacial score (nSPS) is 10.1. The van der Waals surface area contributed by atoms with Crippen molar-refractivity contribution in [1.82, 2.24) is 5.32 Å². The molecule has 2 aromatic rings. The van der Waals surface area contributed by atoms with E-state index in [9.17, 15) is 14.0 Å². The van der Waals surface area contributed by atoms with E-state index in [1.165, 1.54) is 24.3 Å². The number of hydrogen-bond donors (Lipinski definition) is 1. The van der Waals surface area contributed by atoms with Crippen molar-refractivity contribution in [2.24, 2.45) is 0 Å². The van der Waals surface area contributed by atoms with Crippen LogP contribution in [0.3, 0.4) is 0 Å². The predicted octanol–water partition coefficient (Wildman–Crippen LogP) is 2.37. The molecule has 0 aliphatic rings. The van der Waals surface area contributed by atoms with Gasteiger partial charge in [0, 0.05) is 5.56 Å². The number of carbonyl (C=O) groups is 2. The standard InChI is InChI=1S/C16H14FNO2/c17-14-8-6-13(7-9-14)15(19)11-18-16(20)10-12-4-2-1-3-5-12/h1-9H,10-11H2,(H,18,20). The highest BCUT2D eigenvalue weighted by molar-refractivity contribution is 5.99. The van der Waals surface area contributed by atoms with Crippen LogP contribution in [-0.2, 0) is 11.2 Å². The van der Waals surface area contributed by atoms with Gasteiger partial charge < -0.3 is 5.32 Å². The van der Waals surface area contributed by atoms with Crippen LogP contribution in [0.25, 0.3) is 0 Å². The SMILES string of the molecule is O=C(Cc1ccccc1)NCC(=O)c1ccc(F)cc1. The topological polar surface area (TPSA) is 46.2 Å². The summed E-state index contributed by atoms with van der Waals surface area (Å²) in [6.45, 7) is -0.0860. The maximum absolute atomic E-state index is 12.7. The van der Waals surface area contributed by atoms with E-state index in [1.807, 2.05) is 30.3 Å². The van der Waals surface area contributed by atoms with Crippen LogP contribution in [0.2, 0.25) is 0 Å². The first kappa shape index (κ1) is 13.9. The van der Waals surface area contributed by atoms with Crippen LogP contribution in [0.15, 0.2) is 54.6 Å². The van der Waals surface area contributed by atoms with Crippen molar-refractivity contribution in [3.63, 3.8) is 0 Å².